The van der Waals surface area contributed by atoms with Gasteiger partial charge in [-0.05, 0) is 57.8 Å². The molecule has 3 rings (SSSR count). The molecule has 0 radical (unpaired) electrons. The molecular formula is C23H20BrN3O2. The molecule has 0 saturated heterocycles. The molecule has 6 heteroatoms. The lowest BCUT2D eigenvalue weighted by Gasteiger charge is -2.07. The summed E-state index contributed by atoms with van der Waals surface area (Å²) in [4.78, 5) is 15.6. The van der Waals surface area contributed by atoms with E-state index in [1.54, 1.807) is 30.4 Å². The number of fused-ring (bicyclic) bond motifs is 1. The number of benzene rings is 2. The van der Waals surface area contributed by atoms with Crippen LogP contribution in [0.2, 0.25) is 0 Å². The summed E-state index contributed by atoms with van der Waals surface area (Å²) >= 11 is 3.43. The number of ether oxygens (including phenoxy) is 1. The van der Waals surface area contributed by atoms with Crippen LogP contribution >= 0.6 is 15.9 Å². The molecule has 1 amide bonds. The molecule has 0 spiro atoms. The second-order valence-corrected chi connectivity index (χ2v) is 7.18. The van der Waals surface area contributed by atoms with Gasteiger partial charge in [0, 0.05) is 23.6 Å². The first-order valence-corrected chi connectivity index (χ1v) is 9.90. The summed E-state index contributed by atoms with van der Waals surface area (Å²) in [7, 11) is 0. The molecule has 29 heavy (non-hydrogen) atoms. The molecule has 1 heterocycles. The van der Waals surface area contributed by atoms with Gasteiger partial charge in [-0.15, -0.1) is 0 Å². The predicted molar refractivity (Wildman–Crippen MR) is 118 cm³/mol. The zero-order valence-electron chi connectivity index (χ0n) is 15.7. The van der Waals surface area contributed by atoms with E-state index in [1.165, 1.54) is 0 Å². The van der Waals surface area contributed by atoms with Crippen molar-refractivity contribution in [3.8, 4) is 11.8 Å². The summed E-state index contributed by atoms with van der Waals surface area (Å²) in [6, 6.07) is 15.4. The van der Waals surface area contributed by atoms with E-state index in [4.69, 9.17) is 4.74 Å². The number of H-pyrrole nitrogens is 1. The van der Waals surface area contributed by atoms with Crippen molar-refractivity contribution < 1.29 is 9.53 Å². The summed E-state index contributed by atoms with van der Waals surface area (Å²) < 4.78 is 6.25. The van der Waals surface area contributed by atoms with Crippen molar-refractivity contribution in [2.45, 2.75) is 6.42 Å². The maximum Gasteiger partial charge on any atom is 0.261 e. The van der Waals surface area contributed by atoms with Crippen molar-refractivity contribution in [3.63, 3.8) is 0 Å². The van der Waals surface area contributed by atoms with Gasteiger partial charge in [-0.25, -0.2) is 0 Å². The minimum absolute atomic E-state index is 0.0515. The number of hydrogen-bond acceptors (Lipinski definition) is 3. The molecule has 2 aromatic carbocycles. The van der Waals surface area contributed by atoms with Gasteiger partial charge in [-0.2, -0.15) is 5.26 Å². The van der Waals surface area contributed by atoms with E-state index < -0.39 is 5.91 Å². The first-order chi connectivity index (χ1) is 14.1. The Morgan fingerprint density at radius 1 is 1.31 bits per heavy atom. The van der Waals surface area contributed by atoms with E-state index in [2.05, 4.69) is 32.8 Å². The van der Waals surface area contributed by atoms with Crippen LogP contribution in [0.5, 0.6) is 5.75 Å². The zero-order chi connectivity index (χ0) is 20.6. The van der Waals surface area contributed by atoms with Crippen LogP contribution in [0.1, 0.15) is 11.1 Å². The van der Waals surface area contributed by atoms with Crippen LogP contribution in [-0.2, 0) is 11.2 Å². The molecule has 0 aliphatic heterocycles. The minimum atomic E-state index is -0.393. The van der Waals surface area contributed by atoms with Crippen LogP contribution < -0.4 is 10.1 Å². The number of carbonyl (C=O) groups excluding carboxylic acids is 1. The molecule has 0 aliphatic rings. The number of para-hydroxylation sites is 1. The summed E-state index contributed by atoms with van der Waals surface area (Å²) in [5.41, 5.74) is 2.97. The number of halogens is 1. The fourth-order valence-electron chi connectivity index (χ4n) is 2.93. The molecule has 5 nitrogen and oxygen atoms in total. The Hall–Kier alpha value is -3.30. The summed E-state index contributed by atoms with van der Waals surface area (Å²) in [5.74, 6) is 0.277. The predicted octanol–water partition coefficient (Wildman–Crippen LogP) is 4.76. The van der Waals surface area contributed by atoms with E-state index in [0.29, 0.717) is 25.3 Å². The van der Waals surface area contributed by atoms with Gasteiger partial charge in [-0.1, -0.05) is 36.9 Å². The van der Waals surface area contributed by atoms with Crippen molar-refractivity contribution >= 4 is 38.8 Å². The summed E-state index contributed by atoms with van der Waals surface area (Å²) in [6.07, 6.45) is 5.85. The van der Waals surface area contributed by atoms with Crippen molar-refractivity contribution in [2.75, 3.05) is 13.2 Å². The molecule has 2 N–H and O–H groups in total. The van der Waals surface area contributed by atoms with Crippen molar-refractivity contribution in [3.05, 3.63) is 82.5 Å². The van der Waals surface area contributed by atoms with Crippen molar-refractivity contribution in [2.24, 2.45) is 0 Å². The van der Waals surface area contributed by atoms with Gasteiger partial charge in [0.25, 0.3) is 5.91 Å². The number of aromatic amines is 1. The van der Waals surface area contributed by atoms with E-state index in [-0.39, 0.29) is 5.57 Å². The molecule has 0 bridgehead atoms. The number of rotatable bonds is 8. The maximum absolute atomic E-state index is 12.4. The monoisotopic (exact) mass is 449 g/mol. The largest absolute Gasteiger partial charge is 0.488 e. The number of aromatic nitrogens is 1. The standard InChI is InChI=1S/C23H20BrN3O2/c1-2-11-29-22-8-7-16(13-20(22)24)12-18(14-25)23(28)26-10-9-17-15-27-21-6-4-3-5-19(17)21/h2-8,12-13,15,27H,1,9-11H2,(H,26,28)/b18-12-. The van der Waals surface area contributed by atoms with E-state index in [9.17, 15) is 10.1 Å². The minimum Gasteiger partial charge on any atom is -0.488 e. The first kappa shape index (κ1) is 20.4. The number of nitriles is 1. The van der Waals surface area contributed by atoms with Crippen LogP contribution in [0.4, 0.5) is 0 Å². The molecular weight excluding hydrogens is 430 g/mol. The average molecular weight is 450 g/mol. The lowest BCUT2D eigenvalue weighted by Crippen LogP contribution is -2.26. The van der Waals surface area contributed by atoms with Crippen LogP contribution in [0.15, 0.2) is 71.4 Å². The number of amides is 1. The zero-order valence-corrected chi connectivity index (χ0v) is 17.3. The van der Waals surface area contributed by atoms with Crippen LogP contribution in [0, 0.1) is 11.3 Å². The highest BCUT2D eigenvalue weighted by atomic mass is 79.9. The third kappa shape index (κ3) is 5.15. The fourth-order valence-corrected chi connectivity index (χ4v) is 3.44. The molecule has 0 fully saturated rings. The van der Waals surface area contributed by atoms with Crippen LogP contribution in [0.25, 0.3) is 17.0 Å². The Morgan fingerprint density at radius 3 is 2.90 bits per heavy atom. The Morgan fingerprint density at radius 2 is 2.14 bits per heavy atom. The molecule has 0 aliphatic carbocycles. The van der Waals surface area contributed by atoms with Gasteiger partial charge < -0.3 is 15.0 Å². The highest BCUT2D eigenvalue weighted by Gasteiger charge is 2.10. The highest BCUT2D eigenvalue weighted by Crippen LogP contribution is 2.27. The second kappa shape index (κ2) is 9.76. The van der Waals surface area contributed by atoms with Gasteiger partial charge in [0.05, 0.1) is 4.47 Å². The summed E-state index contributed by atoms with van der Waals surface area (Å²) in [6.45, 7) is 4.46. The van der Waals surface area contributed by atoms with Gasteiger partial charge in [0.1, 0.15) is 24.0 Å². The topological polar surface area (TPSA) is 77.9 Å². The smallest absolute Gasteiger partial charge is 0.261 e. The number of carbonyl (C=O) groups is 1. The number of nitrogens with zero attached hydrogens (tertiary/aromatic N) is 1. The van der Waals surface area contributed by atoms with Gasteiger partial charge >= 0.3 is 0 Å². The molecule has 3 aromatic rings. The maximum atomic E-state index is 12.4. The van der Waals surface area contributed by atoms with Gasteiger partial charge in [0.2, 0.25) is 0 Å². The highest BCUT2D eigenvalue weighted by molar-refractivity contribution is 9.10. The molecule has 0 saturated carbocycles. The summed E-state index contributed by atoms with van der Waals surface area (Å²) in [5, 5.41) is 13.4. The molecule has 1 aromatic heterocycles. The third-order valence-electron chi connectivity index (χ3n) is 4.34. The third-order valence-corrected chi connectivity index (χ3v) is 4.96. The molecule has 0 atom stereocenters. The van der Waals surface area contributed by atoms with Crippen molar-refractivity contribution in [1.29, 1.82) is 5.26 Å². The Bertz CT molecular complexity index is 1110. The normalized spacial score (nSPS) is 11.1. The van der Waals surface area contributed by atoms with E-state index in [1.807, 2.05) is 36.5 Å². The Kier molecular flexibility index (Phi) is 6.88. The van der Waals surface area contributed by atoms with Crippen molar-refractivity contribution in [1.82, 2.24) is 10.3 Å². The fraction of sp³-hybridized carbons (Fsp3) is 0.130. The molecule has 0 unspecified atom stereocenters. The van der Waals surface area contributed by atoms with E-state index >= 15 is 0 Å². The second-order valence-electron chi connectivity index (χ2n) is 6.32. The lowest BCUT2D eigenvalue weighted by molar-refractivity contribution is -0.117. The number of hydrogen-bond donors (Lipinski definition) is 2. The van der Waals surface area contributed by atoms with Crippen LogP contribution in [-0.4, -0.2) is 24.0 Å². The van der Waals surface area contributed by atoms with Crippen LogP contribution in [0.3, 0.4) is 0 Å². The SMILES string of the molecule is C=CCOc1ccc(/C=C(/C#N)C(=O)NCCc2c[nH]c3ccccc23)cc1Br. The number of nitrogens with one attached hydrogen (secondary N) is 2. The Labute approximate surface area is 177 Å². The quantitative estimate of drug-likeness (QED) is 0.295. The first-order valence-electron chi connectivity index (χ1n) is 9.10. The van der Waals surface area contributed by atoms with E-state index in [0.717, 1.165) is 26.5 Å². The average Bonchev–Trinajstić information content (AvgIpc) is 3.14. The van der Waals surface area contributed by atoms with Gasteiger partial charge in [0.15, 0.2) is 0 Å². The molecule has 146 valence electrons. The van der Waals surface area contributed by atoms with Gasteiger partial charge in [-0.3, -0.25) is 4.79 Å². The lowest BCUT2D eigenvalue weighted by atomic mass is 10.1. The Balaban J connectivity index is 1.63.